The molecule has 15 heteroatoms. The number of aliphatic hydroxyl groups excluding tert-OH is 1. The number of benzene rings is 1. The van der Waals surface area contributed by atoms with Gasteiger partial charge in [0.2, 0.25) is 0 Å². The molecule has 1 rings (SSSR count). The predicted octanol–water partition coefficient (Wildman–Crippen LogP) is 5.61. The molecule has 0 amide bonds. The maximum atomic E-state index is 14.2. The topological polar surface area (TPSA) is 29.5 Å². The quantitative estimate of drug-likeness (QED) is 0.501. The molecule has 0 spiro atoms. The Kier molecular flexibility index (Phi) is 6.77. The SMILES string of the molecule is COC(c1ccc(CO)cc1)C(F)(F)C(F)(F)C(F)(F)C(F)(F)C(F)(F)C(F)(F)F. The molecule has 0 aliphatic heterocycles. The van der Waals surface area contributed by atoms with Gasteiger partial charge in [-0.3, -0.25) is 0 Å². The van der Waals surface area contributed by atoms with Gasteiger partial charge in [-0.1, -0.05) is 24.3 Å². The molecule has 0 fully saturated rings. The molecule has 0 heterocycles. The average molecular weight is 470 g/mol. The number of hydrogen-bond donors (Lipinski definition) is 1. The first-order valence-corrected chi connectivity index (χ1v) is 7.42. The van der Waals surface area contributed by atoms with Crippen molar-refractivity contribution in [3.63, 3.8) is 0 Å². The molecule has 1 aromatic rings. The van der Waals surface area contributed by atoms with E-state index in [1.54, 1.807) is 0 Å². The monoisotopic (exact) mass is 470 g/mol. The molecule has 0 saturated carbocycles. The zero-order valence-electron chi connectivity index (χ0n) is 14.4. The van der Waals surface area contributed by atoms with Gasteiger partial charge in [0.1, 0.15) is 0 Å². The molecule has 0 aromatic heterocycles. The first-order chi connectivity index (χ1) is 13.2. The highest BCUT2D eigenvalue weighted by Crippen LogP contribution is 2.62. The van der Waals surface area contributed by atoms with Crippen LogP contribution in [0.4, 0.5) is 57.1 Å². The van der Waals surface area contributed by atoms with Crippen LogP contribution in [-0.4, -0.2) is 48.0 Å². The van der Waals surface area contributed by atoms with Crippen LogP contribution in [0.15, 0.2) is 24.3 Å². The highest BCUT2D eigenvalue weighted by molar-refractivity contribution is 5.27. The van der Waals surface area contributed by atoms with Crippen LogP contribution in [0, 0.1) is 0 Å². The maximum absolute atomic E-state index is 14.2. The second-order valence-corrected chi connectivity index (χ2v) is 5.93. The van der Waals surface area contributed by atoms with E-state index < -0.39 is 54.1 Å². The maximum Gasteiger partial charge on any atom is 0.460 e. The summed E-state index contributed by atoms with van der Waals surface area (Å²) in [6.07, 6.45) is -10.9. The van der Waals surface area contributed by atoms with Crippen molar-refractivity contribution in [2.75, 3.05) is 7.11 Å². The number of halogens is 13. The van der Waals surface area contributed by atoms with Crippen LogP contribution >= 0.6 is 0 Å². The summed E-state index contributed by atoms with van der Waals surface area (Å²) in [6, 6.07) is 2.70. The van der Waals surface area contributed by atoms with Crippen molar-refractivity contribution >= 4 is 0 Å². The lowest BCUT2D eigenvalue weighted by atomic mass is 9.89. The van der Waals surface area contributed by atoms with Gasteiger partial charge in [0.25, 0.3) is 0 Å². The van der Waals surface area contributed by atoms with E-state index in [9.17, 15) is 57.1 Å². The zero-order chi connectivity index (χ0) is 24.0. The summed E-state index contributed by atoms with van der Waals surface area (Å²) >= 11 is 0. The van der Waals surface area contributed by atoms with Crippen LogP contribution in [0.3, 0.4) is 0 Å². The van der Waals surface area contributed by atoms with Gasteiger partial charge >= 0.3 is 35.8 Å². The van der Waals surface area contributed by atoms with Crippen molar-refractivity contribution in [3.05, 3.63) is 35.4 Å². The third-order valence-electron chi connectivity index (χ3n) is 3.99. The Hall–Kier alpha value is -1.77. The van der Waals surface area contributed by atoms with E-state index in [1.807, 2.05) is 0 Å². The highest BCUT2D eigenvalue weighted by Gasteiger charge is 2.91. The Morgan fingerprint density at radius 1 is 0.700 bits per heavy atom. The molecular formula is C15H11F13O2. The lowest BCUT2D eigenvalue weighted by Crippen LogP contribution is -2.70. The molecule has 30 heavy (non-hydrogen) atoms. The van der Waals surface area contributed by atoms with Crippen molar-refractivity contribution in [2.45, 2.75) is 48.5 Å². The molecule has 1 aromatic carbocycles. The van der Waals surface area contributed by atoms with Crippen molar-refractivity contribution < 1.29 is 66.9 Å². The Labute approximate surface area is 159 Å². The van der Waals surface area contributed by atoms with Gasteiger partial charge in [-0.05, 0) is 11.1 Å². The van der Waals surface area contributed by atoms with Gasteiger partial charge in [0.05, 0.1) is 6.61 Å². The molecule has 1 unspecified atom stereocenters. The van der Waals surface area contributed by atoms with Gasteiger partial charge in [0.15, 0.2) is 6.10 Å². The summed E-state index contributed by atoms with van der Waals surface area (Å²) < 4.78 is 176. The highest BCUT2D eigenvalue weighted by atomic mass is 19.4. The van der Waals surface area contributed by atoms with Crippen LogP contribution in [0.25, 0.3) is 0 Å². The van der Waals surface area contributed by atoms with Crippen molar-refractivity contribution in [1.29, 1.82) is 0 Å². The molecular weight excluding hydrogens is 459 g/mol. The van der Waals surface area contributed by atoms with Gasteiger partial charge in [-0.25, -0.2) is 0 Å². The van der Waals surface area contributed by atoms with Crippen LogP contribution in [-0.2, 0) is 11.3 Å². The van der Waals surface area contributed by atoms with E-state index in [4.69, 9.17) is 5.11 Å². The number of hydrogen-bond acceptors (Lipinski definition) is 2. The number of rotatable bonds is 8. The van der Waals surface area contributed by atoms with Gasteiger partial charge in [-0.15, -0.1) is 0 Å². The lowest BCUT2D eigenvalue weighted by Gasteiger charge is -2.41. The molecule has 174 valence electrons. The van der Waals surface area contributed by atoms with Crippen LogP contribution < -0.4 is 0 Å². The van der Waals surface area contributed by atoms with Gasteiger partial charge < -0.3 is 9.84 Å². The smallest absolute Gasteiger partial charge is 0.392 e. The molecule has 1 N–H and O–H groups in total. The van der Waals surface area contributed by atoms with Crippen molar-refractivity contribution in [2.24, 2.45) is 0 Å². The summed E-state index contributed by atoms with van der Waals surface area (Å²) in [6.45, 7) is -0.679. The summed E-state index contributed by atoms with van der Waals surface area (Å²) in [5.41, 5.74) is -1.05. The summed E-state index contributed by atoms with van der Waals surface area (Å²) in [5.74, 6) is -37.5. The molecule has 0 aliphatic rings. The zero-order valence-corrected chi connectivity index (χ0v) is 14.4. The number of methoxy groups -OCH3 is 1. The fraction of sp³-hybridized carbons (Fsp3) is 0.600. The van der Waals surface area contributed by atoms with E-state index in [1.165, 1.54) is 0 Å². The fourth-order valence-electron chi connectivity index (χ4n) is 2.24. The minimum absolute atomic E-state index is 0.00496. The fourth-order valence-corrected chi connectivity index (χ4v) is 2.24. The Balaban J connectivity index is 3.56. The molecule has 0 saturated heterocycles. The summed E-state index contributed by atoms with van der Waals surface area (Å²) in [7, 11) is 0.245. The van der Waals surface area contributed by atoms with Crippen molar-refractivity contribution in [1.82, 2.24) is 0 Å². The molecule has 0 radical (unpaired) electrons. The van der Waals surface area contributed by atoms with Crippen LogP contribution in [0.1, 0.15) is 17.2 Å². The van der Waals surface area contributed by atoms with Crippen LogP contribution in [0.2, 0.25) is 0 Å². The van der Waals surface area contributed by atoms with Crippen molar-refractivity contribution in [3.8, 4) is 0 Å². The third-order valence-corrected chi connectivity index (χ3v) is 3.99. The van der Waals surface area contributed by atoms with E-state index in [-0.39, 0.29) is 12.7 Å². The van der Waals surface area contributed by atoms with E-state index in [0.29, 0.717) is 12.1 Å². The number of aliphatic hydroxyl groups is 1. The average Bonchev–Trinajstić information content (AvgIpc) is 2.61. The molecule has 1 atom stereocenters. The summed E-state index contributed by atoms with van der Waals surface area (Å²) in [5, 5.41) is 8.81. The third kappa shape index (κ3) is 3.69. The molecule has 0 aliphatic carbocycles. The first kappa shape index (κ1) is 26.3. The number of ether oxygens (including phenoxy) is 1. The Morgan fingerprint density at radius 3 is 1.43 bits per heavy atom. The van der Waals surface area contributed by atoms with E-state index in [0.717, 1.165) is 12.1 Å². The molecule has 0 bridgehead atoms. The van der Waals surface area contributed by atoms with Crippen LogP contribution in [0.5, 0.6) is 0 Å². The number of alkyl halides is 13. The standard InChI is InChI=1S/C15H11F13O2/c1-30-9(8-4-2-7(6-29)3-5-8)10(16,17)11(18,19)12(20,21)13(22,23)14(24,25)15(26,27)28/h2-5,9,29H,6H2,1H3. The molecule has 2 nitrogen and oxygen atoms in total. The van der Waals surface area contributed by atoms with Gasteiger partial charge in [0, 0.05) is 7.11 Å². The predicted molar refractivity (Wildman–Crippen MR) is 72.9 cm³/mol. The first-order valence-electron chi connectivity index (χ1n) is 7.42. The lowest BCUT2D eigenvalue weighted by molar-refractivity contribution is -0.445. The minimum atomic E-state index is -7.97. The minimum Gasteiger partial charge on any atom is -0.392 e. The largest absolute Gasteiger partial charge is 0.460 e. The van der Waals surface area contributed by atoms with E-state index in [2.05, 4.69) is 4.74 Å². The Bertz CT molecular complexity index is 725. The second kappa shape index (κ2) is 7.73. The normalized spacial score (nSPS) is 16.0. The Morgan fingerprint density at radius 2 is 1.10 bits per heavy atom. The summed E-state index contributed by atoms with van der Waals surface area (Å²) in [4.78, 5) is 0. The van der Waals surface area contributed by atoms with E-state index >= 15 is 0 Å². The van der Waals surface area contributed by atoms with Gasteiger partial charge in [-0.2, -0.15) is 57.1 Å². The second-order valence-electron chi connectivity index (χ2n) is 5.93.